The summed E-state index contributed by atoms with van der Waals surface area (Å²) < 4.78 is 33.9. The number of rotatable bonds is 38. The fourth-order valence-corrected chi connectivity index (χ4v) is 8.06. The van der Waals surface area contributed by atoms with Crippen molar-refractivity contribution in [3.63, 3.8) is 0 Å². The van der Waals surface area contributed by atoms with E-state index in [1.807, 2.05) is 6.08 Å². The number of carbonyl (C=O) groups excluding carboxylic acids is 1. The van der Waals surface area contributed by atoms with Gasteiger partial charge in [-0.15, -0.1) is 0 Å². The Kier molecular flexibility index (Phi) is 32.9. The minimum Gasteiger partial charge on any atom is -0.498 e. The second-order valence-corrected chi connectivity index (χ2v) is 17.4. The van der Waals surface area contributed by atoms with Crippen LogP contribution in [0, 0.1) is 0 Å². The van der Waals surface area contributed by atoms with Gasteiger partial charge in [-0.1, -0.05) is 174 Å². The zero-order chi connectivity index (χ0) is 41.3. The Balaban J connectivity index is 2.42. The van der Waals surface area contributed by atoms with E-state index < -0.39 is 63.1 Å². The third-order valence-corrected chi connectivity index (χ3v) is 11.7. The smallest absolute Gasteiger partial charge is 0.472 e. The van der Waals surface area contributed by atoms with Gasteiger partial charge in [0.2, 0.25) is 0 Å². The highest BCUT2D eigenvalue weighted by atomic mass is 31.2. The minimum atomic E-state index is -5.02. The van der Waals surface area contributed by atoms with Gasteiger partial charge in [0.05, 0.1) is 12.9 Å². The highest BCUT2D eigenvalue weighted by Gasteiger charge is 2.51. The van der Waals surface area contributed by atoms with Crippen LogP contribution in [0.15, 0.2) is 12.3 Å². The first-order valence-corrected chi connectivity index (χ1v) is 24.1. The zero-order valence-electron chi connectivity index (χ0n) is 35.2. The summed E-state index contributed by atoms with van der Waals surface area (Å²) in [5.41, 5.74) is 0. The van der Waals surface area contributed by atoms with Gasteiger partial charge >= 0.3 is 13.8 Å². The average molecular weight is 823 g/mol. The van der Waals surface area contributed by atoms with Crippen LogP contribution in [0.3, 0.4) is 0 Å². The molecule has 13 heteroatoms. The predicted octanol–water partition coefficient (Wildman–Crippen LogP) is 9.10. The molecule has 0 radical (unpaired) electrons. The molecule has 6 N–H and O–H groups in total. The molecule has 1 aliphatic rings. The van der Waals surface area contributed by atoms with E-state index in [9.17, 15) is 39.8 Å². The second kappa shape index (κ2) is 34.8. The second-order valence-electron chi connectivity index (χ2n) is 16.0. The van der Waals surface area contributed by atoms with Crippen molar-refractivity contribution >= 4 is 13.8 Å². The number of esters is 1. The number of phosphoric ester groups is 1. The predicted molar refractivity (Wildman–Crippen MR) is 221 cm³/mol. The summed E-state index contributed by atoms with van der Waals surface area (Å²) in [7, 11) is -5.02. The highest BCUT2D eigenvalue weighted by molar-refractivity contribution is 7.47. The molecule has 0 aliphatic heterocycles. The van der Waals surface area contributed by atoms with Crippen molar-refractivity contribution in [3.8, 4) is 0 Å². The molecule has 1 fully saturated rings. The first kappa shape index (κ1) is 52.9. The Morgan fingerprint density at radius 1 is 0.554 bits per heavy atom. The molecular formula is C43H83O12P. The average Bonchev–Trinajstić information content (AvgIpc) is 3.18. The quantitative estimate of drug-likeness (QED) is 0.0150. The largest absolute Gasteiger partial charge is 0.498 e. The van der Waals surface area contributed by atoms with Gasteiger partial charge in [-0.2, -0.15) is 0 Å². The van der Waals surface area contributed by atoms with Crippen molar-refractivity contribution in [2.45, 2.75) is 243 Å². The van der Waals surface area contributed by atoms with Crippen molar-refractivity contribution in [1.82, 2.24) is 0 Å². The van der Waals surface area contributed by atoms with Gasteiger partial charge in [0.1, 0.15) is 43.2 Å². The Morgan fingerprint density at radius 2 is 0.929 bits per heavy atom. The lowest BCUT2D eigenvalue weighted by atomic mass is 9.85. The van der Waals surface area contributed by atoms with E-state index in [1.54, 1.807) is 0 Å². The number of allylic oxidation sites excluding steroid dienone is 1. The van der Waals surface area contributed by atoms with Crippen LogP contribution in [0.25, 0.3) is 0 Å². The van der Waals surface area contributed by atoms with Gasteiger partial charge in [0.25, 0.3) is 0 Å². The molecule has 1 rings (SSSR count). The molecular weight excluding hydrogens is 739 g/mol. The molecule has 0 aromatic heterocycles. The molecule has 1 aliphatic carbocycles. The Hall–Kier alpha value is -1.08. The van der Waals surface area contributed by atoms with Crippen molar-refractivity contribution in [2.75, 3.05) is 13.2 Å². The molecule has 0 aromatic carbocycles. The fourth-order valence-electron chi connectivity index (χ4n) is 7.09. The fraction of sp³-hybridized carbons (Fsp3) is 0.930. The van der Waals surface area contributed by atoms with Crippen molar-refractivity contribution in [3.05, 3.63) is 12.3 Å². The molecule has 1 saturated carbocycles. The maximum atomic E-state index is 12.8. The van der Waals surface area contributed by atoms with Crippen LogP contribution >= 0.6 is 7.82 Å². The molecule has 0 amide bonds. The van der Waals surface area contributed by atoms with E-state index in [0.29, 0.717) is 6.42 Å². The van der Waals surface area contributed by atoms with Crippen LogP contribution < -0.4 is 0 Å². The SMILES string of the molecule is CCCCCCCCCCCCCCCC/C=C\OC[C@H](COP(=O)(O)OC1C(O)C(O)C(O)[C@@H](O)C1O)OC(=O)CCCCCCCCCCCCCCC. The summed E-state index contributed by atoms with van der Waals surface area (Å²) in [5.74, 6) is -0.497. The molecule has 8 atom stereocenters. The molecule has 0 saturated heterocycles. The minimum absolute atomic E-state index is 0.155. The number of unbranched alkanes of at least 4 members (excludes halogenated alkanes) is 26. The van der Waals surface area contributed by atoms with Gasteiger partial charge in [-0.05, 0) is 25.3 Å². The maximum absolute atomic E-state index is 12.8. The standard InChI is InChI=1S/C43H83O12P/c1-3-5-7-9-11-13-15-17-18-19-21-23-25-27-29-31-33-52-34-36(35-53-56(50,51)55-43-41(48)39(46)38(45)40(47)42(43)49)54-37(44)32-30-28-26-24-22-20-16-14-12-10-8-6-4-2/h31,33,36,38-43,45-49H,3-30,32,34-35H2,1-2H3,(H,50,51)/b33-31-/t36-,38?,39-,40?,41?,42?,43?/m1/s1. The molecule has 0 heterocycles. The van der Waals surface area contributed by atoms with E-state index in [1.165, 1.54) is 141 Å². The number of aliphatic hydroxyl groups is 5. The molecule has 0 bridgehead atoms. The lowest BCUT2D eigenvalue weighted by Crippen LogP contribution is -2.64. The Morgan fingerprint density at radius 3 is 1.36 bits per heavy atom. The Bertz CT molecular complexity index is 984. The van der Waals surface area contributed by atoms with E-state index >= 15 is 0 Å². The molecule has 56 heavy (non-hydrogen) atoms. The van der Waals surface area contributed by atoms with Crippen LogP contribution in [-0.2, 0) is 27.9 Å². The highest BCUT2D eigenvalue weighted by Crippen LogP contribution is 2.47. The van der Waals surface area contributed by atoms with Crippen LogP contribution in [0.1, 0.15) is 200 Å². The van der Waals surface area contributed by atoms with Gasteiger partial charge in [0.15, 0.2) is 6.10 Å². The summed E-state index contributed by atoms with van der Waals surface area (Å²) in [4.78, 5) is 23.1. The zero-order valence-corrected chi connectivity index (χ0v) is 36.1. The molecule has 12 nitrogen and oxygen atoms in total. The third kappa shape index (κ3) is 26.8. The Labute approximate surface area is 339 Å². The first-order chi connectivity index (χ1) is 27.0. The van der Waals surface area contributed by atoms with Gasteiger partial charge in [-0.25, -0.2) is 4.57 Å². The molecule has 332 valence electrons. The molecule has 0 spiro atoms. The van der Waals surface area contributed by atoms with Crippen LogP contribution in [0.5, 0.6) is 0 Å². The molecule has 6 unspecified atom stereocenters. The number of carbonyl (C=O) groups is 1. The first-order valence-electron chi connectivity index (χ1n) is 22.6. The normalized spacial score (nSPS) is 23.0. The van der Waals surface area contributed by atoms with Crippen LogP contribution in [0.2, 0.25) is 0 Å². The van der Waals surface area contributed by atoms with E-state index in [4.69, 9.17) is 18.5 Å². The summed E-state index contributed by atoms with van der Waals surface area (Å²) >= 11 is 0. The number of hydrogen-bond donors (Lipinski definition) is 6. The molecule has 0 aromatic rings. The topological polar surface area (TPSA) is 192 Å². The number of hydrogen-bond acceptors (Lipinski definition) is 11. The summed E-state index contributed by atoms with van der Waals surface area (Å²) in [6.07, 6.45) is 25.1. The lowest BCUT2D eigenvalue weighted by molar-refractivity contribution is -0.220. The monoisotopic (exact) mass is 823 g/mol. The number of ether oxygens (including phenoxy) is 2. The van der Waals surface area contributed by atoms with Crippen molar-refractivity contribution in [1.29, 1.82) is 0 Å². The van der Waals surface area contributed by atoms with Crippen LogP contribution in [0.4, 0.5) is 0 Å². The van der Waals surface area contributed by atoms with Crippen molar-refractivity contribution < 1.29 is 58.3 Å². The maximum Gasteiger partial charge on any atom is 0.472 e. The number of aliphatic hydroxyl groups excluding tert-OH is 5. The van der Waals surface area contributed by atoms with Gasteiger partial charge < -0.3 is 39.9 Å². The van der Waals surface area contributed by atoms with E-state index in [2.05, 4.69) is 13.8 Å². The van der Waals surface area contributed by atoms with Crippen LogP contribution in [-0.4, -0.2) is 92.3 Å². The van der Waals surface area contributed by atoms with Crippen molar-refractivity contribution in [2.24, 2.45) is 0 Å². The summed E-state index contributed by atoms with van der Waals surface area (Å²) in [5, 5.41) is 50.1. The third-order valence-electron chi connectivity index (χ3n) is 10.7. The number of phosphoric acid groups is 1. The summed E-state index contributed by atoms with van der Waals surface area (Å²) in [6, 6.07) is 0. The van der Waals surface area contributed by atoms with E-state index in [-0.39, 0.29) is 13.0 Å². The summed E-state index contributed by atoms with van der Waals surface area (Å²) in [6.45, 7) is 3.73. The van der Waals surface area contributed by atoms with Gasteiger partial charge in [0, 0.05) is 6.42 Å². The lowest BCUT2D eigenvalue weighted by Gasteiger charge is -2.41. The van der Waals surface area contributed by atoms with E-state index in [0.717, 1.165) is 38.5 Å². The van der Waals surface area contributed by atoms with Gasteiger partial charge in [-0.3, -0.25) is 13.8 Å².